The minimum atomic E-state index is 0.151. The molecule has 0 spiro atoms. The Balaban J connectivity index is 2.29. The van der Waals surface area contributed by atoms with E-state index in [-0.39, 0.29) is 10.7 Å². The quantitative estimate of drug-likeness (QED) is 0.635. The van der Waals surface area contributed by atoms with Crippen molar-refractivity contribution in [2.24, 2.45) is 0 Å². The van der Waals surface area contributed by atoms with E-state index < -0.39 is 0 Å². The monoisotopic (exact) mass is 286 g/mol. The minimum Gasteiger partial charge on any atom is -0.298 e. The van der Waals surface area contributed by atoms with Crippen LogP contribution in [0.1, 0.15) is 23.1 Å². The highest BCUT2D eigenvalue weighted by Gasteiger charge is 2.13. The molecule has 0 saturated heterocycles. The van der Waals surface area contributed by atoms with Gasteiger partial charge < -0.3 is 0 Å². The first kappa shape index (κ1) is 12.4. The molecular formula is C9H7ClN4OS2. The lowest BCUT2D eigenvalue weighted by Crippen LogP contribution is -1.93. The summed E-state index contributed by atoms with van der Waals surface area (Å²) in [6.07, 6.45) is 2.74. The molecule has 0 fully saturated rings. The van der Waals surface area contributed by atoms with Crippen molar-refractivity contribution < 1.29 is 4.79 Å². The molecule has 2 rings (SSSR count). The van der Waals surface area contributed by atoms with Gasteiger partial charge in [0.05, 0.1) is 5.56 Å². The maximum absolute atomic E-state index is 10.9. The average Bonchev–Trinajstić information content (AvgIpc) is 2.77. The van der Waals surface area contributed by atoms with Crippen LogP contribution in [0, 0.1) is 0 Å². The maximum atomic E-state index is 10.9. The zero-order valence-electron chi connectivity index (χ0n) is 8.75. The number of hydrogen-bond donors (Lipinski definition) is 0. The minimum absolute atomic E-state index is 0.151. The predicted octanol–water partition coefficient (Wildman–Crippen LogP) is 2.51. The highest BCUT2D eigenvalue weighted by atomic mass is 35.5. The molecule has 0 saturated carbocycles. The fourth-order valence-corrected chi connectivity index (χ4v) is 2.95. The van der Waals surface area contributed by atoms with E-state index in [9.17, 15) is 4.79 Å². The number of halogens is 1. The van der Waals surface area contributed by atoms with Gasteiger partial charge in [-0.2, -0.15) is 4.37 Å². The molecule has 0 unspecified atom stereocenters. The van der Waals surface area contributed by atoms with Gasteiger partial charge in [0.1, 0.15) is 22.3 Å². The van der Waals surface area contributed by atoms with Gasteiger partial charge in [-0.05, 0) is 23.3 Å². The Labute approximate surface area is 111 Å². The normalized spacial score (nSPS) is 10.5. The van der Waals surface area contributed by atoms with Crippen LogP contribution in [0.4, 0.5) is 0 Å². The second-order valence-electron chi connectivity index (χ2n) is 2.93. The molecular weight excluding hydrogens is 280 g/mol. The fraction of sp³-hybridized carbons (Fsp3) is 0.222. The third kappa shape index (κ3) is 2.80. The van der Waals surface area contributed by atoms with Crippen LogP contribution in [0.3, 0.4) is 0 Å². The number of aldehydes is 1. The lowest BCUT2D eigenvalue weighted by atomic mass is 10.4. The van der Waals surface area contributed by atoms with E-state index in [0.29, 0.717) is 11.3 Å². The molecule has 5 nitrogen and oxygen atoms in total. The van der Waals surface area contributed by atoms with E-state index in [1.54, 1.807) is 0 Å². The Kier molecular flexibility index (Phi) is 4.03. The number of carbonyl (C=O) groups is 1. The summed E-state index contributed by atoms with van der Waals surface area (Å²) in [6.45, 7) is 1.98. The van der Waals surface area contributed by atoms with Crippen LogP contribution < -0.4 is 0 Å². The molecule has 2 aromatic rings. The Bertz CT molecular complexity index is 546. The van der Waals surface area contributed by atoms with Crippen molar-refractivity contribution in [1.29, 1.82) is 0 Å². The third-order valence-electron chi connectivity index (χ3n) is 1.87. The summed E-state index contributed by atoms with van der Waals surface area (Å²) in [5, 5.41) is 0.650. The predicted molar refractivity (Wildman–Crippen MR) is 65.8 cm³/mol. The molecule has 0 radical (unpaired) electrons. The van der Waals surface area contributed by atoms with Gasteiger partial charge in [0.2, 0.25) is 0 Å². The van der Waals surface area contributed by atoms with Crippen molar-refractivity contribution in [2.75, 3.05) is 0 Å². The number of carbonyl (C=O) groups excluding carboxylic acids is 1. The SMILES string of the molecule is CCc1nsc(Sc2ncnc(Cl)c2C=O)n1. The number of aryl methyl sites for hydroxylation is 1. The number of rotatable bonds is 4. The van der Waals surface area contributed by atoms with Crippen LogP contribution in [0.15, 0.2) is 15.7 Å². The topological polar surface area (TPSA) is 68.6 Å². The van der Waals surface area contributed by atoms with Crippen molar-refractivity contribution in [3.05, 3.63) is 22.9 Å². The van der Waals surface area contributed by atoms with Gasteiger partial charge >= 0.3 is 0 Å². The van der Waals surface area contributed by atoms with Gasteiger partial charge in [0.15, 0.2) is 10.6 Å². The lowest BCUT2D eigenvalue weighted by molar-refractivity contribution is 0.112. The molecule has 2 aromatic heterocycles. The summed E-state index contributed by atoms with van der Waals surface area (Å²) in [6, 6.07) is 0. The number of hydrogen-bond acceptors (Lipinski definition) is 7. The van der Waals surface area contributed by atoms with Crippen molar-refractivity contribution in [2.45, 2.75) is 22.7 Å². The zero-order valence-corrected chi connectivity index (χ0v) is 11.1. The van der Waals surface area contributed by atoms with E-state index >= 15 is 0 Å². The first-order valence-corrected chi connectivity index (χ1v) is 6.67. The molecule has 0 atom stereocenters. The summed E-state index contributed by atoms with van der Waals surface area (Å²) in [5.74, 6) is 0.783. The first-order valence-electron chi connectivity index (χ1n) is 4.70. The number of nitrogens with zero attached hydrogens (tertiary/aromatic N) is 4. The van der Waals surface area contributed by atoms with Crippen LogP contribution in [0.25, 0.3) is 0 Å². The van der Waals surface area contributed by atoms with Gasteiger partial charge in [0.25, 0.3) is 0 Å². The summed E-state index contributed by atoms with van der Waals surface area (Å²) in [5.41, 5.74) is 0.285. The van der Waals surface area contributed by atoms with Crippen LogP contribution >= 0.6 is 34.9 Å². The van der Waals surface area contributed by atoms with Crippen LogP contribution in [0.2, 0.25) is 5.15 Å². The van der Waals surface area contributed by atoms with Crippen molar-refractivity contribution >= 4 is 41.2 Å². The Morgan fingerprint density at radius 1 is 1.53 bits per heavy atom. The Morgan fingerprint density at radius 2 is 2.35 bits per heavy atom. The second-order valence-corrected chi connectivity index (χ2v) is 5.28. The molecule has 0 aliphatic carbocycles. The van der Waals surface area contributed by atoms with Gasteiger partial charge in [-0.1, -0.05) is 18.5 Å². The van der Waals surface area contributed by atoms with E-state index in [4.69, 9.17) is 11.6 Å². The molecule has 0 aliphatic heterocycles. The molecule has 0 aromatic carbocycles. The average molecular weight is 287 g/mol. The Hall–Kier alpha value is -1.05. The van der Waals surface area contributed by atoms with Crippen molar-refractivity contribution in [3.63, 3.8) is 0 Å². The van der Waals surface area contributed by atoms with E-state index in [1.807, 2.05) is 6.92 Å². The van der Waals surface area contributed by atoms with E-state index in [2.05, 4.69) is 19.3 Å². The van der Waals surface area contributed by atoms with Crippen LogP contribution in [-0.2, 0) is 6.42 Å². The zero-order chi connectivity index (χ0) is 12.3. The van der Waals surface area contributed by atoms with Crippen molar-refractivity contribution in [3.8, 4) is 0 Å². The Morgan fingerprint density at radius 3 is 3.00 bits per heavy atom. The second kappa shape index (κ2) is 5.52. The molecule has 8 heteroatoms. The van der Waals surface area contributed by atoms with Crippen LogP contribution in [-0.4, -0.2) is 25.6 Å². The smallest absolute Gasteiger partial charge is 0.176 e. The highest BCUT2D eigenvalue weighted by molar-refractivity contribution is 8.01. The molecule has 17 heavy (non-hydrogen) atoms. The van der Waals surface area contributed by atoms with E-state index in [0.717, 1.165) is 16.6 Å². The van der Waals surface area contributed by atoms with Crippen molar-refractivity contribution in [1.82, 2.24) is 19.3 Å². The summed E-state index contributed by atoms with van der Waals surface area (Å²) < 4.78 is 4.89. The fourth-order valence-electron chi connectivity index (χ4n) is 1.05. The molecule has 88 valence electrons. The summed E-state index contributed by atoms with van der Waals surface area (Å²) >= 11 is 8.34. The molecule has 0 bridgehead atoms. The van der Waals surface area contributed by atoms with Gasteiger partial charge in [0, 0.05) is 6.42 Å². The standard InChI is InChI=1S/C9H7ClN4OS2/c1-2-6-13-9(17-14-6)16-8-5(3-15)7(10)11-4-12-8/h3-4H,2H2,1H3. The number of aromatic nitrogens is 4. The van der Waals surface area contributed by atoms with E-state index in [1.165, 1.54) is 29.6 Å². The highest BCUT2D eigenvalue weighted by Crippen LogP contribution is 2.31. The lowest BCUT2D eigenvalue weighted by Gasteiger charge is -2.00. The summed E-state index contributed by atoms with van der Waals surface area (Å²) in [4.78, 5) is 22.9. The first-order chi connectivity index (χ1) is 8.24. The summed E-state index contributed by atoms with van der Waals surface area (Å²) in [7, 11) is 0. The molecule has 2 heterocycles. The largest absolute Gasteiger partial charge is 0.298 e. The maximum Gasteiger partial charge on any atom is 0.176 e. The van der Waals surface area contributed by atoms with Gasteiger partial charge in [-0.3, -0.25) is 4.79 Å². The molecule has 0 N–H and O–H groups in total. The molecule has 0 amide bonds. The van der Waals surface area contributed by atoms with Gasteiger partial charge in [-0.25, -0.2) is 15.0 Å². The molecule has 0 aliphatic rings. The van der Waals surface area contributed by atoms with Gasteiger partial charge in [-0.15, -0.1) is 0 Å². The van der Waals surface area contributed by atoms with Crippen LogP contribution in [0.5, 0.6) is 0 Å². The third-order valence-corrected chi connectivity index (χ3v) is 3.98.